The molecule has 0 unspecified atom stereocenters. The smallest absolute Gasteiger partial charge is 0.223 e. The summed E-state index contributed by atoms with van der Waals surface area (Å²) >= 11 is 5.85. The van der Waals surface area contributed by atoms with Crippen molar-refractivity contribution in [2.45, 2.75) is 33.7 Å². The standard InChI is InChI=1S/C20H23ClN2O2/c1-14-4-5-15(2)19(12-14)23(16(3)24)11-10-20(25)22-13-17-6-8-18(21)9-7-17/h4-9,12H,10-11,13H2,1-3H3,(H,22,25). The molecule has 0 aromatic heterocycles. The maximum Gasteiger partial charge on any atom is 0.223 e. The molecule has 2 amide bonds. The number of hydrogen-bond acceptors (Lipinski definition) is 2. The number of halogens is 1. The van der Waals surface area contributed by atoms with Crippen molar-refractivity contribution in [3.05, 3.63) is 64.2 Å². The molecule has 0 saturated heterocycles. The summed E-state index contributed by atoms with van der Waals surface area (Å²) in [6.07, 6.45) is 0.251. The molecule has 25 heavy (non-hydrogen) atoms. The average molecular weight is 359 g/mol. The molecule has 0 atom stereocenters. The van der Waals surface area contributed by atoms with E-state index >= 15 is 0 Å². The normalized spacial score (nSPS) is 10.4. The van der Waals surface area contributed by atoms with Crippen molar-refractivity contribution in [1.82, 2.24) is 5.32 Å². The quantitative estimate of drug-likeness (QED) is 0.848. The summed E-state index contributed by atoms with van der Waals surface area (Å²) in [6, 6.07) is 13.3. The van der Waals surface area contributed by atoms with Gasteiger partial charge < -0.3 is 10.2 Å². The van der Waals surface area contributed by atoms with Crippen molar-refractivity contribution in [2.24, 2.45) is 0 Å². The first-order valence-electron chi connectivity index (χ1n) is 8.23. The molecule has 0 heterocycles. The summed E-state index contributed by atoms with van der Waals surface area (Å²) in [5, 5.41) is 3.54. The first-order valence-corrected chi connectivity index (χ1v) is 8.61. The van der Waals surface area contributed by atoms with E-state index in [1.807, 2.05) is 44.2 Å². The molecule has 0 aliphatic heterocycles. The zero-order chi connectivity index (χ0) is 18.4. The van der Waals surface area contributed by atoms with Crippen molar-refractivity contribution >= 4 is 29.1 Å². The molecule has 0 spiro atoms. The topological polar surface area (TPSA) is 49.4 Å². The number of anilines is 1. The molecule has 5 heteroatoms. The van der Waals surface area contributed by atoms with Gasteiger partial charge in [-0.15, -0.1) is 0 Å². The van der Waals surface area contributed by atoms with Crippen LogP contribution < -0.4 is 10.2 Å². The largest absolute Gasteiger partial charge is 0.352 e. The molecule has 2 aromatic rings. The molecular weight excluding hydrogens is 336 g/mol. The van der Waals surface area contributed by atoms with E-state index < -0.39 is 0 Å². The van der Waals surface area contributed by atoms with Crippen LogP contribution in [0.2, 0.25) is 5.02 Å². The molecule has 0 aliphatic carbocycles. The molecule has 1 N–H and O–H groups in total. The van der Waals surface area contributed by atoms with Gasteiger partial charge in [0.1, 0.15) is 0 Å². The monoisotopic (exact) mass is 358 g/mol. The van der Waals surface area contributed by atoms with Crippen LogP contribution in [0.4, 0.5) is 5.69 Å². The predicted molar refractivity (Wildman–Crippen MR) is 102 cm³/mol. The van der Waals surface area contributed by atoms with Crippen molar-refractivity contribution in [3.8, 4) is 0 Å². The van der Waals surface area contributed by atoms with E-state index in [1.54, 1.807) is 17.0 Å². The van der Waals surface area contributed by atoms with Gasteiger partial charge in [-0.3, -0.25) is 9.59 Å². The van der Waals surface area contributed by atoms with Gasteiger partial charge in [0.25, 0.3) is 0 Å². The highest BCUT2D eigenvalue weighted by molar-refractivity contribution is 6.30. The van der Waals surface area contributed by atoms with Crippen LogP contribution in [0.5, 0.6) is 0 Å². The van der Waals surface area contributed by atoms with E-state index in [9.17, 15) is 9.59 Å². The highest BCUT2D eigenvalue weighted by atomic mass is 35.5. The number of carbonyl (C=O) groups is 2. The first-order chi connectivity index (χ1) is 11.9. The van der Waals surface area contributed by atoms with Crippen LogP contribution in [0, 0.1) is 13.8 Å². The minimum absolute atomic E-state index is 0.0702. The van der Waals surface area contributed by atoms with Crippen molar-refractivity contribution in [2.75, 3.05) is 11.4 Å². The SMILES string of the molecule is CC(=O)N(CCC(=O)NCc1ccc(Cl)cc1)c1cc(C)ccc1C. The summed E-state index contributed by atoms with van der Waals surface area (Å²) < 4.78 is 0. The number of hydrogen-bond donors (Lipinski definition) is 1. The highest BCUT2D eigenvalue weighted by Crippen LogP contribution is 2.22. The number of nitrogens with one attached hydrogen (secondary N) is 1. The fraction of sp³-hybridized carbons (Fsp3) is 0.300. The zero-order valence-corrected chi connectivity index (χ0v) is 15.6. The molecule has 0 saturated carbocycles. The van der Waals surface area contributed by atoms with Gasteiger partial charge in [-0.2, -0.15) is 0 Å². The summed E-state index contributed by atoms with van der Waals surface area (Å²) in [7, 11) is 0. The zero-order valence-electron chi connectivity index (χ0n) is 14.8. The Hall–Kier alpha value is -2.33. The lowest BCUT2D eigenvalue weighted by molar-refractivity contribution is -0.121. The molecular formula is C20H23ClN2O2. The summed E-state index contributed by atoms with van der Waals surface area (Å²) in [5.74, 6) is -0.161. The average Bonchev–Trinajstić information content (AvgIpc) is 2.57. The van der Waals surface area contributed by atoms with Crippen molar-refractivity contribution in [3.63, 3.8) is 0 Å². The molecule has 132 valence electrons. The van der Waals surface area contributed by atoms with Crippen LogP contribution in [0.25, 0.3) is 0 Å². The Balaban J connectivity index is 1.94. The maximum atomic E-state index is 12.1. The summed E-state index contributed by atoms with van der Waals surface area (Å²) in [5.41, 5.74) is 3.94. The molecule has 0 bridgehead atoms. The third kappa shape index (κ3) is 5.61. The first kappa shape index (κ1) is 19.0. The Morgan fingerprint density at radius 3 is 2.40 bits per heavy atom. The highest BCUT2D eigenvalue weighted by Gasteiger charge is 2.15. The second-order valence-corrected chi connectivity index (χ2v) is 6.55. The fourth-order valence-electron chi connectivity index (χ4n) is 2.56. The second kappa shape index (κ2) is 8.67. The minimum atomic E-state index is -0.0912. The molecule has 0 fully saturated rings. The Kier molecular flexibility index (Phi) is 6.59. The number of amides is 2. The third-order valence-corrected chi connectivity index (χ3v) is 4.25. The molecule has 2 aromatic carbocycles. The van der Waals surface area contributed by atoms with Crippen LogP contribution in [-0.2, 0) is 16.1 Å². The van der Waals surface area contributed by atoms with Crippen LogP contribution in [0.15, 0.2) is 42.5 Å². The van der Waals surface area contributed by atoms with E-state index in [-0.39, 0.29) is 18.2 Å². The second-order valence-electron chi connectivity index (χ2n) is 6.11. The molecule has 0 radical (unpaired) electrons. The van der Waals surface area contributed by atoms with E-state index in [0.29, 0.717) is 18.1 Å². The Morgan fingerprint density at radius 1 is 1.08 bits per heavy atom. The number of aryl methyl sites for hydroxylation is 2. The Bertz CT molecular complexity index is 757. The summed E-state index contributed by atoms with van der Waals surface area (Å²) in [4.78, 5) is 25.8. The Labute approximate surface area is 153 Å². The van der Waals surface area contributed by atoms with E-state index in [4.69, 9.17) is 11.6 Å². The lowest BCUT2D eigenvalue weighted by Gasteiger charge is -2.23. The van der Waals surface area contributed by atoms with Crippen LogP contribution in [-0.4, -0.2) is 18.4 Å². The van der Waals surface area contributed by atoms with Gasteiger partial charge in [-0.1, -0.05) is 35.9 Å². The molecule has 2 rings (SSSR count). The molecule has 4 nitrogen and oxygen atoms in total. The van der Waals surface area contributed by atoms with Gasteiger partial charge in [-0.25, -0.2) is 0 Å². The minimum Gasteiger partial charge on any atom is -0.352 e. The van der Waals surface area contributed by atoms with Crippen LogP contribution in [0.1, 0.15) is 30.0 Å². The number of nitrogens with zero attached hydrogens (tertiary/aromatic N) is 1. The van der Waals surface area contributed by atoms with Gasteiger partial charge in [0.05, 0.1) is 0 Å². The lowest BCUT2D eigenvalue weighted by Crippen LogP contribution is -2.34. The van der Waals surface area contributed by atoms with Crippen LogP contribution in [0.3, 0.4) is 0 Å². The Morgan fingerprint density at radius 2 is 1.76 bits per heavy atom. The van der Waals surface area contributed by atoms with E-state index in [1.165, 1.54) is 6.92 Å². The van der Waals surface area contributed by atoms with Gasteiger partial charge in [0.15, 0.2) is 0 Å². The van der Waals surface area contributed by atoms with Crippen molar-refractivity contribution in [1.29, 1.82) is 0 Å². The van der Waals surface area contributed by atoms with Crippen molar-refractivity contribution < 1.29 is 9.59 Å². The van der Waals surface area contributed by atoms with Gasteiger partial charge in [0.2, 0.25) is 11.8 Å². The van der Waals surface area contributed by atoms with Crippen LogP contribution >= 0.6 is 11.6 Å². The predicted octanol–water partition coefficient (Wildman–Crippen LogP) is 4.02. The number of rotatable bonds is 6. The number of benzene rings is 2. The van der Waals surface area contributed by atoms with E-state index in [0.717, 1.165) is 22.4 Å². The number of carbonyl (C=O) groups excluding carboxylic acids is 2. The van der Waals surface area contributed by atoms with Gasteiger partial charge in [0, 0.05) is 37.1 Å². The van der Waals surface area contributed by atoms with E-state index in [2.05, 4.69) is 5.32 Å². The van der Waals surface area contributed by atoms with Gasteiger partial charge in [-0.05, 0) is 48.7 Å². The molecule has 0 aliphatic rings. The maximum absolute atomic E-state index is 12.1. The third-order valence-electron chi connectivity index (χ3n) is 4.00. The fourth-order valence-corrected chi connectivity index (χ4v) is 2.69. The summed E-state index contributed by atoms with van der Waals surface area (Å²) in [6.45, 7) is 6.27. The lowest BCUT2D eigenvalue weighted by atomic mass is 10.1. The van der Waals surface area contributed by atoms with Gasteiger partial charge >= 0.3 is 0 Å².